The maximum Gasteiger partial charge on any atom is 0.0638 e. The minimum atomic E-state index is 0. The summed E-state index contributed by atoms with van der Waals surface area (Å²) in [6, 6.07) is 1.20. The molecule has 1 aromatic rings. The maximum absolute atomic E-state index is 4.65. The zero-order valence-electron chi connectivity index (χ0n) is 11.1. The van der Waals surface area contributed by atoms with E-state index in [0.717, 1.165) is 6.54 Å². The highest BCUT2D eigenvalue weighted by Crippen LogP contribution is 2.29. The molecular formula is C13H24ClN3. The van der Waals surface area contributed by atoms with Gasteiger partial charge in [-0.1, -0.05) is 26.7 Å². The van der Waals surface area contributed by atoms with Crippen LogP contribution >= 0.6 is 12.4 Å². The minimum absolute atomic E-state index is 0. The molecule has 0 aromatic carbocycles. The molecule has 0 bridgehead atoms. The predicted molar refractivity (Wildman–Crippen MR) is 73.7 cm³/mol. The topological polar surface area (TPSA) is 29.9 Å². The van der Waals surface area contributed by atoms with Crippen molar-refractivity contribution in [2.24, 2.45) is 0 Å². The molecule has 1 fully saturated rings. The van der Waals surface area contributed by atoms with Crippen LogP contribution in [0.15, 0.2) is 6.20 Å². The summed E-state index contributed by atoms with van der Waals surface area (Å²) < 4.78 is 2.19. The SMILES string of the molecule is Cc1nn(C2CCCC2)cc1CNC(C)C.Cl. The lowest BCUT2D eigenvalue weighted by Gasteiger charge is -2.09. The Balaban J connectivity index is 0.00000144. The van der Waals surface area contributed by atoms with Gasteiger partial charge >= 0.3 is 0 Å². The van der Waals surface area contributed by atoms with Crippen LogP contribution in [0.25, 0.3) is 0 Å². The Kier molecular flexibility index (Phi) is 5.47. The zero-order chi connectivity index (χ0) is 11.5. The van der Waals surface area contributed by atoms with Crippen molar-refractivity contribution >= 4 is 12.4 Å². The first-order valence-electron chi connectivity index (χ1n) is 6.45. The fourth-order valence-electron chi connectivity index (χ4n) is 2.36. The molecule has 1 aromatic heterocycles. The molecule has 0 aliphatic heterocycles. The third-order valence-electron chi connectivity index (χ3n) is 3.42. The summed E-state index contributed by atoms with van der Waals surface area (Å²) in [5, 5.41) is 8.10. The van der Waals surface area contributed by atoms with Gasteiger partial charge in [0, 0.05) is 24.3 Å². The first-order chi connectivity index (χ1) is 7.66. The minimum Gasteiger partial charge on any atom is -0.310 e. The molecular weight excluding hydrogens is 234 g/mol. The molecule has 0 radical (unpaired) electrons. The number of rotatable bonds is 4. The molecule has 0 saturated heterocycles. The van der Waals surface area contributed by atoms with Crippen LogP contribution in [-0.4, -0.2) is 15.8 Å². The van der Waals surface area contributed by atoms with Gasteiger partial charge in [0.25, 0.3) is 0 Å². The van der Waals surface area contributed by atoms with Crippen molar-refractivity contribution in [3.8, 4) is 0 Å². The number of nitrogens with zero attached hydrogens (tertiary/aromatic N) is 2. The highest BCUT2D eigenvalue weighted by Gasteiger charge is 2.18. The number of hydrogen-bond donors (Lipinski definition) is 1. The van der Waals surface area contributed by atoms with Gasteiger partial charge in [-0.3, -0.25) is 4.68 Å². The summed E-state index contributed by atoms with van der Waals surface area (Å²) in [5.74, 6) is 0. The smallest absolute Gasteiger partial charge is 0.0638 e. The molecule has 98 valence electrons. The van der Waals surface area contributed by atoms with E-state index in [4.69, 9.17) is 0 Å². The lowest BCUT2D eigenvalue weighted by molar-refractivity contribution is 0.464. The molecule has 1 saturated carbocycles. The van der Waals surface area contributed by atoms with Crippen LogP contribution in [0.5, 0.6) is 0 Å². The van der Waals surface area contributed by atoms with Gasteiger partial charge in [0.1, 0.15) is 0 Å². The van der Waals surface area contributed by atoms with Gasteiger partial charge in [-0.25, -0.2) is 0 Å². The van der Waals surface area contributed by atoms with Crippen molar-refractivity contribution in [1.82, 2.24) is 15.1 Å². The molecule has 0 spiro atoms. The van der Waals surface area contributed by atoms with E-state index in [1.165, 1.54) is 36.9 Å². The molecule has 0 unspecified atom stereocenters. The van der Waals surface area contributed by atoms with E-state index in [2.05, 4.69) is 42.1 Å². The molecule has 3 nitrogen and oxygen atoms in total. The normalized spacial score (nSPS) is 16.5. The quantitative estimate of drug-likeness (QED) is 0.898. The van der Waals surface area contributed by atoms with Gasteiger partial charge in [0.2, 0.25) is 0 Å². The van der Waals surface area contributed by atoms with Crippen LogP contribution < -0.4 is 5.32 Å². The Morgan fingerprint density at radius 3 is 2.65 bits per heavy atom. The summed E-state index contributed by atoms with van der Waals surface area (Å²) in [6.45, 7) is 7.41. The van der Waals surface area contributed by atoms with Crippen LogP contribution in [0.3, 0.4) is 0 Å². The Morgan fingerprint density at radius 2 is 2.06 bits per heavy atom. The van der Waals surface area contributed by atoms with Crippen molar-refractivity contribution in [2.75, 3.05) is 0 Å². The molecule has 1 N–H and O–H groups in total. The van der Waals surface area contributed by atoms with E-state index < -0.39 is 0 Å². The second kappa shape index (κ2) is 6.41. The second-order valence-electron chi connectivity index (χ2n) is 5.19. The third kappa shape index (κ3) is 3.71. The van der Waals surface area contributed by atoms with Gasteiger partial charge in [-0.15, -0.1) is 12.4 Å². The number of halogens is 1. The van der Waals surface area contributed by atoms with Crippen LogP contribution in [0, 0.1) is 6.92 Å². The number of aryl methyl sites for hydroxylation is 1. The molecule has 2 rings (SSSR count). The summed E-state index contributed by atoms with van der Waals surface area (Å²) in [6.07, 6.45) is 7.57. The van der Waals surface area contributed by atoms with Crippen molar-refractivity contribution in [3.63, 3.8) is 0 Å². The fourth-order valence-corrected chi connectivity index (χ4v) is 2.36. The number of hydrogen-bond acceptors (Lipinski definition) is 2. The average molecular weight is 258 g/mol. The Bertz CT molecular complexity index is 340. The van der Waals surface area contributed by atoms with Gasteiger partial charge in [0.15, 0.2) is 0 Å². The lowest BCUT2D eigenvalue weighted by atomic mass is 10.2. The maximum atomic E-state index is 4.65. The van der Waals surface area contributed by atoms with E-state index in [-0.39, 0.29) is 12.4 Å². The summed E-state index contributed by atoms with van der Waals surface area (Å²) in [4.78, 5) is 0. The summed E-state index contributed by atoms with van der Waals surface area (Å²) >= 11 is 0. The van der Waals surface area contributed by atoms with Crippen molar-refractivity contribution in [2.45, 2.75) is 65.1 Å². The fraction of sp³-hybridized carbons (Fsp3) is 0.769. The summed E-state index contributed by atoms with van der Waals surface area (Å²) in [7, 11) is 0. The largest absolute Gasteiger partial charge is 0.310 e. The number of nitrogens with one attached hydrogen (secondary N) is 1. The van der Waals surface area contributed by atoms with E-state index in [1.54, 1.807) is 0 Å². The van der Waals surface area contributed by atoms with Crippen molar-refractivity contribution in [3.05, 3.63) is 17.5 Å². The summed E-state index contributed by atoms with van der Waals surface area (Å²) in [5.41, 5.74) is 2.53. The number of aromatic nitrogens is 2. The molecule has 1 aliphatic rings. The van der Waals surface area contributed by atoms with E-state index in [1.807, 2.05) is 0 Å². The van der Waals surface area contributed by atoms with Gasteiger partial charge < -0.3 is 5.32 Å². The van der Waals surface area contributed by atoms with Gasteiger partial charge in [0.05, 0.1) is 11.7 Å². The van der Waals surface area contributed by atoms with Crippen LogP contribution in [0.2, 0.25) is 0 Å². The van der Waals surface area contributed by atoms with Gasteiger partial charge in [-0.05, 0) is 19.8 Å². The highest BCUT2D eigenvalue weighted by molar-refractivity contribution is 5.85. The molecule has 1 aliphatic carbocycles. The van der Waals surface area contributed by atoms with Crippen LogP contribution in [-0.2, 0) is 6.54 Å². The molecule has 0 amide bonds. The van der Waals surface area contributed by atoms with Crippen LogP contribution in [0.4, 0.5) is 0 Å². The zero-order valence-corrected chi connectivity index (χ0v) is 11.9. The molecule has 0 atom stereocenters. The van der Waals surface area contributed by atoms with Crippen molar-refractivity contribution < 1.29 is 0 Å². The van der Waals surface area contributed by atoms with Gasteiger partial charge in [-0.2, -0.15) is 5.10 Å². The van der Waals surface area contributed by atoms with E-state index in [9.17, 15) is 0 Å². The Hall–Kier alpha value is -0.540. The molecule has 4 heteroatoms. The third-order valence-corrected chi connectivity index (χ3v) is 3.42. The van der Waals surface area contributed by atoms with Crippen LogP contribution in [0.1, 0.15) is 56.8 Å². The second-order valence-corrected chi connectivity index (χ2v) is 5.19. The lowest BCUT2D eigenvalue weighted by Crippen LogP contribution is -2.21. The average Bonchev–Trinajstić information content (AvgIpc) is 2.83. The monoisotopic (exact) mass is 257 g/mol. The first kappa shape index (κ1) is 14.5. The molecule has 1 heterocycles. The standard InChI is InChI=1S/C13H23N3.ClH/c1-10(2)14-8-12-9-16(15-11(12)3)13-6-4-5-7-13;/h9-10,13-14H,4-8H2,1-3H3;1H. The Labute approximate surface area is 110 Å². The van der Waals surface area contributed by atoms with Crippen molar-refractivity contribution in [1.29, 1.82) is 0 Å². The highest BCUT2D eigenvalue weighted by atomic mass is 35.5. The van der Waals surface area contributed by atoms with E-state index >= 15 is 0 Å². The first-order valence-corrected chi connectivity index (χ1v) is 6.45. The molecule has 17 heavy (non-hydrogen) atoms. The van der Waals surface area contributed by atoms with E-state index in [0.29, 0.717) is 12.1 Å². The predicted octanol–water partition coefficient (Wildman–Crippen LogP) is 3.23. The Morgan fingerprint density at radius 1 is 1.41 bits per heavy atom.